The number of pyridine rings is 1. The normalized spacial score (nSPS) is 21.3. The first kappa shape index (κ1) is 14.9. The summed E-state index contributed by atoms with van der Waals surface area (Å²) >= 11 is 0. The highest BCUT2D eigenvalue weighted by Crippen LogP contribution is 2.28. The van der Waals surface area contributed by atoms with Crippen LogP contribution in [0.15, 0.2) is 18.3 Å². The average molecular weight is 273 g/mol. The van der Waals surface area contributed by atoms with Gasteiger partial charge in [-0.25, -0.2) is 4.98 Å². The van der Waals surface area contributed by atoms with Gasteiger partial charge in [0.2, 0.25) is 0 Å². The summed E-state index contributed by atoms with van der Waals surface area (Å²) in [6, 6.07) is 3.85. The molecule has 1 fully saturated rings. The van der Waals surface area contributed by atoms with Gasteiger partial charge in [0.05, 0.1) is 18.4 Å². The number of hydrogen-bond acceptors (Lipinski definition) is 3. The van der Waals surface area contributed by atoms with Gasteiger partial charge in [0.15, 0.2) is 0 Å². The van der Waals surface area contributed by atoms with Gasteiger partial charge >= 0.3 is 0 Å². The fourth-order valence-electron chi connectivity index (χ4n) is 2.04. The maximum absolute atomic E-state index is 5.85. The Labute approximate surface area is 121 Å². The van der Waals surface area contributed by atoms with Crippen LogP contribution in [0.2, 0.25) is 0 Å². The second-order valence-electron chi connectivity index (χ2n) is 5.82. The Bertz CT molecular complexity index is 476. The van der Waals surface area contributed by atoms with Crippen molar-refractivity contribution >= 4 is 0 Å². The molecule has 0 spiro atoms. The van der Waals surface area contributed by atoms with E-state index in [9.17, 15) is 0 Å². The van der Waals surface area contributed by atoms with Crippen LogP contribution in [-0.4, -0.2) is 23.3 Å². The van der Waals surface area contributed by atoms with Crippen molar-refractivity contribution in [2.45, 2.75) is 58.8 Å². The van der Waals surface area contributed by atoms with Crippen molar-refractivity contribution in [2.24, 2.45) is 5.92 Å². The van der Waals surface area contributed by atoms with Crippen molar-refractivity contribution in [1.82, 2.24) is 4.98 Å². The lowest BCUT2D eigenvalue weighted by molar-refractivity contribution is -0.0850. The Morgan fingerprint density at radius 1 is 1.15 bits per heavy atom. The van der Waals surface area contributed by atoms with E-state index in [1.54, 1.807) is 6.20 Å². The molecular formula is C17H23NO2. The van der Waals surface area contributed by atoms with Crippen molar-refractivity contribution in [3.8, 4) is 17.6 Å². The fraction of sp³-hybridized carbons (Fsp3) is 0.588. The molecule has 0 amide bonds. The lowest BCUT2D eigenvalue weighted by Crippen LogP contribution is -2.40. The van der Waals surface area contributed by atoms with Gasteiger partial charge in [0.1, 0.15) is 17.5 Å². The predicted molar refractivity (Wildman–Crippen MR) is 79.6 cm³/mol. The van der Waals surface area contributed by atoms with Crippen LogP contribution in [0.4, 0.5) is 0 Å². The molecule has 3 nitrogen and oxygen atoms in total. The van der Waals surface area contributed by atoms with E-state index < -0.39 is 0 Å². The van der Waals surface area contributed by atoms with Gasteiger partial charge in [-0.2, -0.15) is 0 Å². The molecule has 0 atom stereocenters. The minimum absolute atomic E-state index is 0.258. The number of ether oxygens (including phenoxy) is 2. The van der Waals surface area contributed by atoms with E-state index in [1.807, 2.05) is 12.1 Å². The number of aromatic nitrogens is 1. The van der Waals surface area contributed by atoms with E-state index in [1.165, 1.54) is 0 Å². The summed E-state index contributed by atoms with van der Waals surface area (Å²) in [5.74, 6) is 7.32. The van der Waals surface area contributed by atoms with Crippen molar-refractivity contribution in [2.75, 3.05) is 0 Å². The molecule has 1 aromatic rings. The molecule has 108 valence electrons. The van der Waals surface area contributed by atoms with Gasteiger partial charge in [0, 0.05) is 18.8 Å². The topological polar surface area (TPSA) is 31.4 Å². The number of hydrogen-bond donors (Lipinski definition) is 0. The van der Waals surface area contributed by atoms with Crippen LogP contribution in [-0.2, 0) is 4.74 Å². The minimum Gasteiger partial charge on any atom is -0.489 e. The van der Waals surface area contributed by atoms with Gasteiger partial charge in [-0.1, -0.05) is 19.8 Å². The molecule has 20 heavy (non-hydrogen) atoms. The van der Waals surface area contributed by atoms with Crippen LogP contribution in [0.3, 0.4) is 0 Å². The van der Waals surface area contributed by atoms with Gasteiger partial charge < -0.3 is 9.47 Å². The molecular weight excluding hydrogens is 250 g/mol. The second kappa shape index (κ2) is 6.76. The minimum atomic E-state index is 0.258. The van der Waals surface area contributed by atoms with E-state index >= 15 is 0 Å². The molecule has 0 N–H and O–H groups in total. The molecule has 0 unspecified atom stereocenters. The molecule has 1 aliphatic rings. The Balaban J connectivity index is 1.80. The molecule has 1 saturated carbocycles. The lowest BCUT2D eigenvalue weighted by atomic mass is 9.92. The zero-order valence-electron chi connectivity index (χ0n) is 12.7. The third-order valence-electron chi connectivity index (χ3n) is 3.04. The molecule has 0 saturated heterocycles. The second-order valence-corrected chi connectivity index (χ2v) is 5.82. The lowest BCUT2D eigenvalue weighted by Gasteiger charge is -2.36. The van der Waals surface area contributed by atoms with Gasteiger partial charge in [-0.15, -0.1) is 0 Å². The van der Waals surface area contributed by atoms with E-state index in [0.717, 1.165) is 24.3 Å². The highest BCUT2D eigenvalue weighted by atomic mass is 16.5. The van der Waals surface area contributed by atoms with E-state index in [0.29, 0.717) is 18.1 Å². The molecule has 0 radical (unpaired) electrons. The largest absolute Gasteiger partial charge is 0.489 e. The molecule has 2 rings (SSSR count). The number of nitrogens with zero attached hydrogens (tertiary/aromatic N) is 1. The summed E-state index contributed by atoms with van der Waals surface area (Å²) in [5.41, 5.74) is 0.792. The van der Waals surface area contributed by atoms with E-state index in [2.05, 4.69) is 44.5 Å². The maximum Gasteiger partial charge on any atom is 0.138 e. The van der Waals surface area contributed by atoms with Gasteiger partial charge in [0.25, 0.3) is 0 Å². The first-order valence-corrected chi connectivity index (χ1v) is 7.32. The Morgan fingerprint density at radius 2 is 1.90 bits per heavy atom. The van der Waals surface area contributed by atoms with E-state index in [-0.39, 0.29) is 6.10 Å². The van der Waals surface area contributed by atoms with Crippen molar-refractivity contribution < 1.29 is 9.47 Å². The zero-order valence-corrected chi connectivity index (χ0v) is 12.7. The summed E-state index contributed by atoms with van der Waals surface area (Å²) in [5, 5.41) is 0. The molecule has 0 aliphatic heterocycles. The smallest absolute Gasteiger partial charge is 0.138 e. The highest BCUT2D eigenvalue weighted by Gasteiger charge is 2.32. The molecule has 1 aliphatic carbocycles. The van der Waals surface area contributed by atoms with Crippen LogP contribution in [0.25, 0.3) is 0 Å². The maximum atomic E-state index is 5.85. The predicted octanol–water partition coefficient (Wildman–Crippen LogP) is 3.42. The van der Waals surface area contributed by atoms with Crippen LogP contribution in [0, 0.1) is 17.8 Å². The first-order chi connectivity index (χ1) is 9.52. The third kappa shape index (κ3) is 4.54. The molecule has 0 bridgehead atoms. The van der Waals surface area contributed by atoms with E-state index in [4.69, 9.17) is 9.47 Å². The van der Waals surface area contributed by atoms with Crippen LogP contribution < -0.4 is 4.74 Å². The van der Waals surface area contributed by atoms with Crippen molar-refractivity contribution in [3.05, 3.63) is 24.0 Å². The van der Waals surface area contributed by atoms with Crippen LogP contribution in [0.5, 0.6) is 5.75 Å². The van der Waals surface area contributed by atoms with Gasteiger partial charge in [-0.3, -0.25) is 0 Å². The summed E-state index contributed by atoms with van der Waals surface area (Å²) in [4.78, 5) is 4.30. The first-order valence-electron chi connectivity index (χ1n) is 7.32. The van der Waals surface area contributed by atoms with Crippen molar-refractivity contribution in [1.29, 1.82) is 0 Å². The standard InChI is InChI=1S/C17H23NO2/c1-12(2)5-6-14-7-8-15(11-18-14)20-17-9-16(10-17)19-13(3)4/h7-8,11-13,16-17H,9-10H2,1-4H3. The summed E-state index contributed by atoms with van der Waals surface area (Å²) in [6.07, 6.45) is 4.58. The molecule has 1 aromatic heterocycles. The van der Waals surface area contributed by atoms with Crippen LogP contribution >= 0.6 is 0 Å². The van der Waals surface area contributed by atoms with Crippen molar-refractivity contribution in [3.63, 3.8) is 0 Å². The zero-order chi connectivity index (χ0) is 14.5. The fourth-order valence-corrected chi connectivity index (χ4v) is 2.04. The average Bonchev–Trinajstić information content (AvgIpc) is 2.34. The Kier molecular flexibility index (Phi) is 5.03. The third-order valence-corrected chi connectivity index (χ3v) is 3.04. The van der Waals surface area contributed by atoms with Gasteiger partial charge in [-0.05, 0) is 31.9 Å². The molecule has 1 heterocycles. The summed E-state index contributed by atoms with van der Waals surface area (Å²) < 4.78 is 11.6. The molecule has 3 heteroatoms. The Hall–Kier alpha value is -1.53. The quantitative estimate of drug-likeness (QED) is 0.788. The monoisotopic (exact) mass is 273 g/mol. The van der Waals surface area contributed by atoms with Crippen LogP contribution in [0.1, 0.15) is 46.2 Å². The summed E-state index contributed by atoms with van der Waals surface area (Å²) in [7, 11) is 0. The molecule has 0 aromatic carbocycles. The Morgan fingerprint density at radius 3 is 2.45 bits per heavy atom. The SMILES string of the molecule is CC(C)C#Cc1ccc(OC2CC(OC(C)C)C2)cn1. The summed E-state index contributed by atoms with van der Waals surface area (Å²) in [6.45, 7) is 8.26. The number of rotatable bonds is 4. The highest BCUT2D eigenvalue weighted by molar-refractivity contribution is 5.31.